The molecule has 0 spiro atoms. The molecule has 162 valence electrons. The van der Waals surface area contributed by atoms with Gasteiger partial charge in [-0.2, -0.15) is 13.2 Å². The van der Waals surface area contributed by atoms with E-state index in [1.54, 1.807) is 18.3 Å². The lowest BCUT2D eigenvalue weighted by atomic mass is 9.97. The number of rotatable bonds is 3. The number of fused-ring (bicyclic) bond motifs is 1. The van der Waals surface area contributed by atoms with Gasteiger partial charge in [0.15, 0.2) is 0 Å². The fourth-order valence-corrected chi connectivity index (χ4v) is 3.88. The van der Waals surface area contributed by atoms with Gasteiger partial charge in [-0.25, -0.2) is 8.78 Å². The molecule has 0 unspecified atom stereocenters. The van der Waals surface area contributed by atoms with Gasteiger partial charge in [0.1, 0.15) is 23.4 Å². The molecule has 2 heterocycles. The number of halogens is 5. The lowest BCUT2D eigenvalue weighted by molar-refractivity contribution is -0.138. The van der Waals surface area contributed by atoms with Gasteiger partial charge in [0, 0.05) is 42.2 Å². The third-order valence-corrected chi connectivity index (χ3v) is 5.31. The summed E-state index contributed by atoms with van der Waals surface area (Å²) in [6, 6.07) is 8.59. The standard InChI is InChI=1S/C22H17F5N2O2/c1-31-19-7-4-13(11-16(19)22(25,26)27)21(30)29-10-9-28-8-2-3-18(28)20(29)15-6-5-14(23)12-17(15)24/h2-8,11-12,20H,9-10H2,1H3/t20-/m1/s1. The molecule has 1 aromatic heterocycles. The first kappa shape index (κ1) is 20.9. The summed E-state index contributed by atoms with van der Waals surface area (Å²) < 4.78 is 74.9. The SMILES string of the molecule is COc1ccc(C(=O)N2CCn3cccc3[C@H]2c2ccc(F)cc2F)cc1C(F)(F)F. The molecular weight excluding hydrogens is 419 g/mol. The Morgan fingerprint density at radius 1 is 1.06 bits per heavy atom. The second-order valence-electron chi connectivity index (χ2n) is 7.11. The molecule has 4 rings (SSSR count). The van der Waals surface area contributed by atoms with Crippen LogP contribution in [0.25, 0.3) is 0 Å². The summed E-state index contributed by atoms with van der Waals surface area (Å²) in [5, 5.41) is 0. The third-order valence-electron chi connectivity index (χ3n) is 5.31. The number of nitrogens with zero attached hydrogens (tertiary/aromatic N) is 2. The maximum atomic E-state index is 14.6. The summed E-state index contributed by atoms with van der Waals surface area (Å²) in [7, 11) is 1.11. The maximum absolute atomic E-state index is 14.6. The summed E-state index contributed by atoms with van der Waals surface area (Å²) in [6.07, 6.45) is -2.96. The van der Waals surface area contributed by atoms with E-state index in [-0.39, 0.29) is 17.7 Å². The Hall–Kier alpha value is -3.36. The summed E-state index contributed by atoms with van der Waals surface area (Å²) in [4.78, 5) is 14.6. The lowest BCUT2D eigenvalue weighted by Crippen LogP contribution is -2.42. The number of hydrogen-bond donors (Lipinski definition) is 0. The van der Waals surface area contributed by atoms with Crippen LogP contribution in [0.5, 0.6) is 5.75 Å². The van der Waals surface area contributed by atoms with Crippen molar-refractivity contribution in [3.8, 4) is 5.75 Å². The minimum absolute atomic E-state index is 0.0546. The summed E-state index contributed by atoms with van der Waals surface area (Å²) in [6.45, 7) is 0.519. The number of ether oxygens (including phenoxy) is 1. The van der Waals surface area contributed by atoms with Crippen molar-refractivity contribution in [2.45, 2.75) is 18.8 Å². The zero-order valence-corrected chi connectivity index (χ0v) is 16.3. The van der Waals surface area contributed by atoms with Crippen LogP contribution in [0.1, 0.15) is 33.2 Å². The fourth-order valence-electron chi connectivity index (χ4n) is 3.88. The molecule has 0 radical (unpaired) electrons. The van der Waals surface area contributed by atoms with E-state index in [0.29, 0.717) is 12.2 Å². The van der Waals surface area contributed by atoms with Gasteiger partial charge in [-0.15, -0.1) is 0 Å². The van der Waals surface area contributed by atoms with Crippen LogP contribution >= 0.6 is 0 Å². The van der Waals surface area contributed by atoms with E-state index in [0.717, 1.165) is 31.4 Å². The molecule has 4 nitrogen and oxygen atoms in total. The molecule has 0 fully saturated rings. The monoisotopic (exact) mass is 436 g/mol. The van der Waals surface area contributed by atoms with E-state index in [9.17, 15) is 26.7 Å². The zero-order chi connectivity index (χ0) is 22.3. The number of alkyl halides is 3. The highest BCUT2D eigenvalue weighted by molar-refractivity contribution is 5.95. The molecule has 1 aliphatic heterocycles. The number of carbonyl (C=O) groups excluding carboxylic acids is 1. The highest BCUT2D eigenvalue weighted by Gasteiger charge is 2.38. The Morgan fingerprint density at radius 3 is 2.52 bits per heavy atom. The van der Waals surface area contributed by atoms with Crippen molar-refractivity contribution >= 4 is 5.91 Å². The van der Waals surface area contributed by atoms with E-state index < -0.39 is 41.1 Å². The quantitative estimate of drug-likeness (QED) is 0.540. The molecule has 0 saturated carbocycles. The summed E-state index contributed by atoms with van der Waals surface area (Å²) in [5.41, 5.74) is -0.653. The van der Waals surface area contributed by atoms with Crippen molar-refractivity contribution in [1.82, 2.24) is 9.47 Å². The van der Waals surface area contributed by atoms with Gasteiger partial charge in [0.2, 0.25) is 0 Å². The number of amides is 1. The lowest BCUT2D eigenvalue weighted by Gasteiger charge is -2.37. The fraction of sp³-hybridized carbons (Fsp3) is 0.227. The van der Waals surface area contributed by atoms with Crippen LogP contribution in [-0.4, -0.2) is 29.0 Å². The van der Waals surface area contributed by atoms with Crippen molar-refractivity contribution in [2.24, 2.45) is 0 Å². The summed E-state index contributed by atoms with van der Waals surface area (Å²) in [5.74, 6) is -2.72. The van der Waals surface area contributed by atoms with Gasteiger partial charge in [-0.3, -0.25) is 4.79 Å². The Bertz CT molecular complexity index is 1140. The maximum Gasteiger partial charge on any atom is 0.419 e. The third kappa shape index (κ3) is 3.75. The van der Waals surface area contributed by atoms with Crippen LogP contribution in [0.15, 0.2) is 54.7 Å². The topological polar surface area (TPSA) is 34.5 Å². The smallest absolute Gasteiger partial charge is 0.419 e. The van der Waals surface area contributed by atoms with Crippen molar-refractivity contribution in [3.63, 3.8) is 0 Å². The Kier molecular flexibility index (Phi) is 5.20. The average molecular weight is 436 g/mol. The molecule has 0 aliphatic carbocycles. The number of carbonyl (C=O) groups is 1. The van der Waals surface area contributed by atoms with Gasteiger partial charge in [0.25, 0.3) is 5.91 Å². The van der Waals surface area contributed by atoms with E-state index in [1.165, 1.54) is 17.0 Å². The molecule has 1 amide bonds. The van der Waals surface area contributed by atoms with E-state index >= 15 is 0 Å². The highest BCUT2D eigenvalue weighted by atomic mass is 19.4. The van der Waals surface area contributed by atoms with Gasteiger partial charge < -0.3 is 14.2 Å². The van der Waals surface area contributed by atoms with E-state index in [2.05, 4.69) is 0 Å². The van der Waals surface area contributed by atoms with E-state index in [4.69, 9.17) is 4.74 Å². The van der Waals surface area contributed by atoms with Crippen LogP contribution < -0.4 is 4.74 Å². The normalized spacial score (nSPS) is 16.2. The van der Waals surface area contributed by atoms with Gasteiger partial charge in [-0.05, 0) is 36.4 Å². The van der Waals surface area contributed by atoms with Crippen LogP contribution in [0.3, 0.4) is 0 Å². The van der Waals surface area contributed by atoms with Crippen LogP contribution in [0.4, 0.5) is 22.0 Å². The number of hydrogen-bond acceptors (Lipinski definition) is 2. The second-order valence-corrected chi connectivity index (χ2v) is 7.11. The van der Waals surface area contributed by atoms with Gasteiger partial charge >= 0.3 is 6.18 Å². The predicted molar refractivity (Wildman–Crippen MR) is 102 cm³/mol. The Morgan fingerprint density at radius 2 is 1.84 bits per heavy atom. The molecule has 31 heavy (non-hydrogen) atoms. The number of benzene rings is 2. The first-order valence-corrected chi connectivity index (χ1v) is 9.37. The number of methoxy groups -OCH3 is 1. The molecule has 0 N–H and O–H groups in total. The molecule has 3 aromatic rings. The van der Waals surface area contributed by atoms with Gasteiger partial charge in [-0.1, -0.05) is 6.07 Å². The Balaban J connectivity index is 1.80. The van der Waals surface area contributed by atoms with Crippen molar-refractivity contribution in [3.05, 3.63) is 88.7 Å². The molecule has 0 bridgehead atoms. The first-order valence-electron chi connectivity index (χ1n) is 9.37. The molecule has 1 aliphatic rings. The zero-order valence-electron chi connectivity index (χ0n) is 16.3. The molecular formula is C22H17F5N2O2. The number of aromatic nitrogens is 1. The minimum atomic E-state index is -4.72. The largest absolute Gasteiger partial charge is 0.496 e. The minimum Gasteiger partial charge on any atom is -0.496 e. The molecule has 0 saturated heterocycles. The van der Waals surface area contributed by atoms with Crippen molar-refractivity contribution in [1.29, 1.82) is 0 Å². The predicted octanol–water partition coefficient (Wildman–Crippen LogP) is 5.04. The van der Waals surface area contributed by atoms with Crippen LogP contribution in [0.2, 0.25) is 0 Å². The van der Waals surface area contributed by atoms with E-state index in [1.807, 2.05) is 4.57 Å². The highest BCUT2D eigenvalue weighted by Crippen LogP contribution is 2.39. The second kappa shape index (κ2) is 7.72. The molecule has 9 heteroatoms. The average Bonchev–Trinajstić information content (AvgIpc) is 3.21. The van der Waals surface area contributed by atoms with Crippen LogP contribution in [0, 0.1) is 11.6 Å². The van der Waals surface area contributed by atoms with Crippen molar-refractivity contribution in [2.75, 3.05) is 13.7 Å². The van der Waals surface area contributed by atoms with Crippen molar-refractivity contribution < 1.29 is 31.5 Å². The van der Waals surface area contributed by atoms with Gasteiger partial charge in [0.05, 0.1) is 12.7 Å². The molecule has 2 aromatic carbocycles. The molecule has 1 atom stereocenters. The Labute approximate surface area is 174 Å². The summed E-state index contributed by atoms with van der Waals surface area (Å²) >= 11 is 0. The first-order chi connectivity index (χ1) is 14.7. The van der Waals surface area contributed by atoms with Crippen LogP contribution in [-0.2, 0) is 12.7 Å².